The molecule has 15 heteroatoms. The van der Waals surface area contributed by atoms with Crippen LogP contribution in [0.4, 0.5) is 14.6 Å². The van der Waals surface area contributed by atoms with Crippen molar-refractivity contribution < 1.29 is 36.9 Å². The molecule has 1 aromatic carbocycles. The number of hydrogen-bond acceptors (Lipinski definition) is 10. The van der Waals surface area contributed by atoms with Gasteiger partial charge < -0.3 is 23.8 Å². The highest BCUT2D eigenvalue weighted by Gasteiger charge is 2.62. The van der Waals surface area contributed by atoms with Crippen LogP contribution >= 0.6 is 8.53 Å². The molecule has 0 saturated carbocycles. The number of esters is 1. The standard InChI is InChI=1S/C27H34F2N5O7P/c1-17(2)34(18(3)4)42(38-15-9-13-30)39-16-21-23(40-19(5)35)27(28,29)25(41-21)33-14-12-22(32-26(33)37)31-24(36)20-10-7-6-8-11-20/h6-8,10-12,14,17-18,21,23,25H,9,15-16H2,1-5H3,(H,31,32,36,37). The Kier molecular flexibility index (Phi) is 11.6. The first kappa shape index (κ1) is 33.2. The molecule has 4 atom stereocenters. The summed E-state index contributed by atoms with van der Waals surface area (Å²) in [5.74, 6) is -5.53. The molecule has 3 rings (SSSR count). The summed E-state index contributed by atoms with van der Waals surface area (Å²) in [6.07, 6.45) is -4.65. The van der Waals surface area contributed by atoms with E-state index >= 15 is 8.78 Å². The molecule has 42 heavy (non-hydrogen) atoms. The van der Waals surface area contributed by atoms with Crippen LogP contribution in [0.25, 0.3) is 0 Å². The van der Waals surface area contributed by atoms with Gasteiger partial charge in [0.1, 0.15) is 11.9 Å². The van der Waals surface area contributed by atoms with Gasteiger partial charge in [-0.05, 0) is 45.9 Å². The van der Waals surface area contributed by atoms with Gasteiger partial charge in [0, 0.05) is 30.8 Å². The number of hydrogen-bond donors (Lipinski definition) is 1. The van der Waals surface area contributed by atoms with Crippen molar-refractivity contribution in [1.29, 1.82) is 5.26 Å². The summed E-state index contributed by atoms with van der Waals surface area (Å²) in [6.45, 7) is 8.22. The Hall–Kier alpha value is -3.34. The number of carbonyl (C=O) groups excluding carboxylic acids is 2. The van der Waals surface area contributed by atoms with Crippen LogP contribution in [-0.2, 0) is 23.3 Å². The molecule has 1 aliphatic rings. The van der Waals surface area contributed by atoms with Crippen LogP contribution in [0.5, 0.6) is 0 Å². The van der Waals surface area contributed by atoms with E-state index in [1.165, 1.54) is 6.07 Å². The molecule has 12 nitrogen and oxygen atoms in total. The van der Waals surface area contributed by atoms with Gasteiger partial charge in [-0.2, -0.15) is 19.0 Å². The number of ether oxygens (including phenoxy) is 2. The second kappa shape index (κ2) is 14.7. The lowest BCUT2D eigenvalue weighted by molar-refractivity contribution is -0.174. The Bertz CT molecular complexity index is 1310. The minimum Gasteiger partial charge on any atom is -0.453 e. The lowest BCUT2D eigenvalue weighted by Gasteiger charge is -2.36. The zero-order valence-corrected chi connectivity index (χ0v) is 24.8. The fourth-order valence-corrected chi connectivity index (χ4v) is 5.93. The Morgan fingerprint density at radius 1 is 1.19 bits per heavy atom. The molecule has 0 bridgehead atoms. The van der Waals surface area contributed by atoms with Crippen LogP contribution in [0, 0.1) is 11.3 Å². The van der Waals surface area contributed by atoms with E-state index in [4.69, 9.17) is 23.8 Å². The monoisotopic (exact) mass is 609 g/mol. The van der Waals surface area contributed by atoms with E-state index in [9.17, 15) is 14.4 Å². The largest absolute Gasteiger partial charge is 0.453 e. The molecule has 1 N–H and O–H groups in total. The second-order valence-electron chi connectivity index (χ2n) is 9.90. The molecule has 4 unspecified atom stereocenters. The van der Waals surface area contributed by atoms with Crippen LogP contribution in [0.15, 0.2) is 47.4 Å². The molecule has 1 fully saturated rings. The summed E-state index contributed by atoms with van der Waals surface area (Å²) in [7, 11) is -1.81. The Balaban J connectivity index is 1.84. The molecule has 1 amide bonds. The summed E-state index contributed by atoms with van der Waals surface area (Å²) in [6, 6.07) is 11.2. The maximum absolute atomic E-state index is 15.7. The van der Waals surface area contributed by atoms with Gasteiger partial charge in [0.2, 0.25) is 6.23 Å². The fourth-order valence-electron chi connectivity index (χ4n) is 4.32. The van der Waals surface area contributed by atoms with Crippen molar-refractivity contribution in [1.82, 2.24) is 14.2 Å². The molecule has 0 radical (unpaired) electrons. The lowest BCUT2D eigenvalue weighted by atomic mass is 10.1. The summed E-state index contributed by atoms with van der Waals surface area (Å²) < 4.78 is 56.1. The molecule has 2 aromatic rings. The highest BCUT2D eigenvalue weighted by atomic mass is 31.2. The summed E-state index contributed by atoms with van der Waals surface area (Å²) in [5.41, 5.74) is -0.812. The fraction of sp³-hybridized carbons (Fsp3) is 0.519. The smallest absolute Gasteiger partial charge is 0.351 e. The molecular formula is C27H34F2N5O7P. The third-order valence-corrected chi connectivity index (χ3v) is 8.09. The summed E-state index contributed by atoms with van der Waals surface area (Å²) in [5, 5.41) is 11.4. The first-order valence-corrected chi connectivity index (χ1v) is 14.4. The van der Waals surface area contributed by atoms with Gasteiger partial charge in [0.15, 0.2) is 6.10 Å². The SMILES string of the molecule is CC(=O)OC1C(COP(OCCC#N)N(C(C)C)C(C)C)OC(n2ccc(NC(=O)c3ccccc3)nc2=O)C1(F)F. The molecule has 0 spiro atoms. The van der Waals surface area contributed by atoms with Gasteiger partial charge in [0.25, 0.3) is 14.4 Å². The quantitative estimate of drug-likeness (QED) is 0.199. The number of aromatic nitrogens is 2. The molecule has 1 aliphatic heterocycles. The molecule has 228 valence electrons. The number of rotatable bonds is 13. The Morgan fingerprint density at radius 3 is 2.43 bits per heavy atom. The predicted octanol–water partition coefficient (Wildman–Crippen LogP) is 4.25. The summed E-state index contributed by atoms with van der Waals surface area (Å²) in [4.78, 5) is 40.7. The molecule has 1 saturated heterocycles. The van der Waals surface area contributed by atoms with Gasteiger partial charge in [-0.3, -0.25) is 14.2 Å². The molecular weight excluding hydrogens is 575 g/mol. The highest BCUT2D eigenvalue weighted by molar-refractivity contribution is 7.44. The first-order valence-electron chi connectivity index (χ1n) is 13.2. The number of halogens is 2. The summed E-state index contributed by atoms with van der Waals surface area (Å²) >= 11 is 0. The molecule has 0 aliphatic carbocycles. The number of nitriles is 1. The Labute approximate surface area is 243 Å². The van der Waals surface area contributed by atoms with E-state index in [1.807, 2.05) is 38.4 Å². The average molecular weight is 610 g/mol. The van der Waals surface area contributed by atoms with Gasteiger partial charge in [-0.15, -0.1) is 0 Å². The van der Waals surface area contributed by atoms with Crippen LogP contribution in [0.1, 0.15) is 57.6 Å². The van der Waals surface area contributed by atoms with Crippen molar-refractivity contribution in [3.05, 3.63) is 58.6 Å². The molecule has 1 aromatic heterocycles. The normalized spacial score (nSPS) is 20.5. The van der Waals surface area contributed by atoms with Crippen molar-refractivity contribution >= 4 is 26.2 Å². The van der Waals surface area contributed by atoms with Crippen LogP contribution in [0.2, 0.25) is 0 Å². The third-order valence-electron chi connectivity index (χ3n) is 6.01. The van der Waals surface area contributed by atoms with Crippen LogP contribution in [0.3, 0.4) is 0 Å². The number of nitrogens with one attached hydrogen (secondary N) is 1. The van der Waals surface area contributed by atoms with Crippen molar-refractivity contribution in [2.24, 2.45) is 0 Å². The second-order valence-corrected chi connectivity index (χ2v) is 11.4. The maximum atomic E-state index is 15.7. The number of anilines is 1. The lowest BCUT2D eigenvalue weighted by Crippen LogP contribution is -2.44. The predicted molar refractivity (Wildman–Crippen MR) is 148 cm³/mol. The third kappa shape index (κ3) is 8.14. The number of carbonyl (C=O) groups is 2. The van der Waals surface area contributed by atoms with Gasteiger partial charge in [0.05, 0.1) is 25.7 Å². The maximum Gasteiger partial charge on any atom is 0.351 e. The number of benzene rings is 1. The minimum atomic E-state index is -3.86. The van der Waals surface area contributed by atoms with E-state index in [-0.39, 0.29) is 30.9 Å². The van der Waals surface area contributed by atoms with Crippen molar-refractivity contribution in [2.75, 3.05) is 18.5 Å². The topological polar surface area (TPSA) is 145 Å². The van der Waals surface area contributed by atoms with Crippen LogP contribution in [-0.4, -0.2) is 69.5 Å². The van der Waals surface area contributed by atoms with Gasteiger partial charge >= 0.3 is 17.6 Å². The Morgan fingerprint density at radius 2 is 1.86 bits per heavy atom. The average Bonchev–Trinajstić information content (AvgIpc) is 3.16. The number of nitrogens with zero attached hydrogens (tertiary/aromatic N) is 4. The van der Waals surface area contributed by atoms with E-state index in [2.05, 4.69) is 10.3 Å². The zero-order chi connectivity index (χ0) is 31.0. The van der Waals surface area contributed by atoms with Crippen molar-refractivity contribution in [3.8, 4) is 6.07 Å². The van der Waals surface area contributed by atoms with E-state index < -0.39 is 57.1 Å². The van der Waals surface area contributed by atoms with E-state index in [1.54, 1.807) is 30.3 Å². The van der Waals surface area contributed by atoms with E-state index in [0.29, 0.717) is 10.1 Å². The van der Waals surface area contributed by atoms with Crippen LogP contribution < -0.4 is 11.0 Å². The zero-order valence-electron chi connectivity index (χ0n) is 23.9. The van der Waals surface area contributed by atoms with Crippen molar-refractivity contribution in [2.45, 2.75) is 77.5 Å². The first-order chi connectivity index (χ1) is 19.9. The highest BCUT2D eigenvalue weighted by Crippen LogP contribution is 2.49. The molecule has 2 heterocycles. The van der Waals surface area contributed by atoms with Gasteiger partial charge in [-0.25, -0.2) is 9.46 Å². The van der Waals surface area contributed by atoms with E-state index in [0.717, 1.165) is 13.1 Å². The van der Waals surface area contributed by atoms with Gasteiger partial charge in [-0.1, -0.05) is 18.2 Å². The number of alkyl halides is 2. The number of amides is 1. The van der Waals surface area contributed by atoms with Crippen molar-refractivity contribution in [3.63, 3.8) is 0 Å². The minimum absolute atomic E-state index is 0.0494.